The summed E-state index contributed by atoms with van der Waals surface area (Å²) in [6.07, 6.45) is 8.12. The van der Waals surface area contributed by atoms with Gasteiger partial charge in [0.2, 0.25) is 8.87 Å². The fourth-order valence-electron chi connectivity index (χ4n) is 3.19. The topological polar surface area (TPSA) is 121 Å². The predicted molar refractivity (Wildman–Crippen MR) is 181 cm³/mol. The van der Waals surface area contributed by atoms with Gasteiger partial charge in [-0.05, 0) is 74.6 Å². The van der Waals surface area contributed by atoms with Gasteiger partial charge in [0.15, 0.2) is 0 Å². The van der Waals surface area contributed by atoms with Crippen LogP contribution in [0, 0.1) is 13.8 Å². The molecule has 0 aliphatic heterocycles. The summed E-state index contributed by atoms with van der Waals surface area (Å²) in [6.45, 7) is 7.69. The second-order valence-electron chi connectivity index (χ2n) is 9.55. The Morgan fingerprint density at radius 3 is 1.45 bits per heavy atom. The van der Waals surface area contributed by atoms with Crippen LogP contribution in [0.4, 0.5) is 0 Å². The van der Waals surface area contributed by atoms with Crippen LogP contribution in [0.3, 0.4) is 0 Å². The minimum Gasteiger partial charge on any atom is -0.644 e. The van der Waals surface area contributed by atoms with Crippen molar-refractivity contribution < 1.29 is 87.3 Å². The van der Waals surface area contributed by atoms with Gasteiger partial charge in [0, 0.05) is 29.8 Å². The molecule has 2 aromatic carbocycles. The van der Waals surface area contributed by atoms with E-state index in [9.17, 15) is 26.4 Å². The van der Waals surface area contributed by atoms with E-state index >= 15 is 0 Å². The third-order valence-electron chi connectivity index (χ3n) is 5.54. The van der Waals surface area contributed by atoms with Crippen LogP contribution in [-0.2, 0) is 48.5 Å². The Morgan fingerprint density at radius 2 is 1.07 bits per heavy atom. The maximum atomic E-state index is 12.1. The van der Waals surface area contributed by atoms with Crippen molar-refractivity contribution >= 4 is 68.1 Å². The number of carbonyl (C=O) groups excluding carboxylic acids is 2. The summed E-state index contributed by atoms with van der Waals surface area (Å²) in [7, 11) is -5.68. The quantitative estimate of drug-likeness (QED) is 0.0610. The number of unbranched alkanes of at least 4 members (excludes halogenated alkanes) is 6. The van der Waals surface area contributed by atoms with Gasteiger partial charge < -0.3 is 21.1 Å². The van der Waals surface area contributed by atoms with Gasteiger partial charge in [0.05, 0.1) is 27.0 Å². The van der Waals surface area contributed by atoms with Crippen LogP contribution in [0.25, 0.3) is 0 Å². The van der Waals surface area contributed by atoms with Crippen molar-refractivity contribution in [3.63, 3.8) is 0 Å². The summed E-state index contributed by atoms with van der Waals surface area (Å²) in [4.78, 5) is 21.4. The zero-order valence-electron chi connectivity index (χ0n) is 26.4. The Labute approximate surface area is 324 Å². The minimum atomic E-state index is -3.44. The van der Waals surface area contributed by atoms with E-state index < -0.39 is 17.7 Å². The van der Waals surface area contributed by atoms with E-state index in [4.69, 9.17) is 9.47 Å². The Hall–Kier alpha value is 0.0964. The van der Waals surface area contributed by atoms with Crippen molar-refractivity contribution in [2.24, 2.45) is 0 Å². The molecule has 0 bridgehead atoms. The molecule has 0 spiro atoms. The van der Waals surface area contributed by atoms with Crippen molar-refractivity contribution in [3.8, 4) is 0 Å². The zero-order chi connectivity index (χ0) is 32.7. The van der Waals surface area contributed by atoms with Crippen molar-refractivity contribution in [1.29, 1.82) is 0 Å². The van der Waals surface area contributed by atoms with E-state index in [0.717, 1.165) is 65.8 Å². The van der Waals surface area contributed by atoms with Gasteiger partial charge in [-0.1, -0.05) is 77.0 Å². The zero-order valence-corrected chi connectivity index (χ0v) is 34.4. The maximum absolute atomic E-state index is 12.1. The standard InChI is InChI=1S/C15H22O4S2.C8H15BrO2.C7H8O2S2.K/c1-13-7-9-15(10-8-13)21(17,18)20-12-6-4-3-5-11-19-14(2)16;1-8(10)11-7-5-3-2-4-6-9;1-6-2-4-7(5-3-6)11(8,9)10;/h7-10H,3-6,11-12H2,1-2H3;2-7H2,1H3;2-5H,1H3,(H,8,9,10);/q;;;+1/p-1. The SMILES string of the molecule is CC(=O)OCCCCCCBr.CC(=O)OCCCCCCSS(=O)(=O)c1ccc(C)cc1.Cc1ccc(S(=O)(=O)[S-])cc1.[K+]. The molecule has 2 rings (SSSR count). The summed E-state index contributed by atoms with van der Waals surface area (Å²) >= 11 is 7.62. The largest absolute Gasteiger partial charge is 1.00 e. The van der Waals surface area contributed by atoms with Crippen molar-refractivity contribution in [2.45, 2.75) is 88.9 Å². The maximum Gasteiger partial charge on any atom is 1.00 e. The molecule has 0 N–H and O–H groups in total. The van der Waals surface area contributed by atoms with Crippen molar-refractivity contribution in [3.05, 3.63) is 59.7 Å². The number of rotatable bonds is 16. The summed E-state index contributed by atoms with van der Waals surface area (Å²) in [5, 5.41) is 1.07. The number of carbonyl (C=O) groups is 2. The van der Waals surface area contributed by atoms with Crippen LogP contribution in [0.5, 0.6) is 0 Å². The predicted octanol–water partition coefficient (Wildman–Crippen LogP) is 4.28. The first-order valence-electron chi connectivity index (χ1n) is 14.0. The molecule has 44 heavy (non-hydrogen) atoms. The number of esters is 2. The van der Waals surface area contributed by atoms with Crippen molar-refractivity contribution in [1.82, 2.24) is 0 Å². The van der Waals surface area contributed by atoms with Crippen LogP contribution in [0.2, 0.25) is 0 Å². The number of aryl methyl sites for hydroxylation is 2. The third kappa shape index (κ3) is 26.2. The first kappa shape index (κ1) is 46.2. The first-order valence-corrected chi connectivity index (χ1v) is 20.5. The first-order chi connectivity index (χ1) is 20.2. The van der Waals surface area contributed by atoms with Gasteiger partial charge in [-0.3, -0.25) is 9.59 Å². The molecule has 0 aliphatic rings. The second-order valence-corrected chi connectivity index (χ2v) is 17.1. The van der Waals surface area contributed by atoms with Crippen LogP contribution in [0.15, 0.2) is 58.3 Å². The summed E-state index contributed by atoms with van der Waals surface area (Å²) < 4.78 is 55.2. The van der Waals surface area contributed by atoms with Gasteiger partial charge in [-0.2, -0.15) is 0 Å². The molecule has 0 aromatic heterocycles. The van der Waals surface area contributed by atoms with Crippen LogP contribution < -0.4 is 51.4 Å². The van der Waals surface area contributed by atoms with Gasteiger partial charge in [0.25, 0.3) is 0 Å². The molecule has 2 aromatic rings. The van der Waals surface area contributed by atoms with Crippen LogP contribution in [0.1, 0.15) is 76.3 Å². The Balaban J connectivity index is 0. The minimum absolute atomic E-state index is 0. The molecule has 0 saturated heterocycles. The van der Waals surface area contributed by atoms with E-state index in [0.29, 0.717) is 23.9 Å². The molecular formula is C30H44BrKO8S4. The average molecular weight is 780 g/mol. The van der Waals surface area contributed by atoms with Gasteiger partial charge >= 0.3 is 63.3 Å². The molecule has 0 atom stereocenters. The number of hydrogen-bond donors (Lipinski definition) is 0. The molecule has 8 nitrogen and oxygen atoms in total. The van der Waals surface area contributed by atoms with Crippen molar-refractivity contribution in [2.75, 3.05) is 24.3 Å². The number of halogens is 1. The molecular weight excluding hydrogens is 736 g/mol. The molecule has 0 aliphatic carbocycles. The fraction of sp³-hybridized carbons (Fsp3) is 0.533. The van der Waals surface area contributed by atoms with E-state index in [1.807, 2.05) is 26.0 Å². The molecule has 0 heterocycles. The normalized spacial score (nSPS) is 10.7. The van der Waals surface area contributed by atoms with E-state index in [1.165, 1.54) is 38.8 Å². The van der Waals surface area contributed by atoms with Crippen LogP contribution in [-0.4, -0.2) is 53.1 Å². The monoisotopic (exact) mass is 778 g/mol. The number of ether oxygens (including phenoxy) is 2. The Kier molecular flexibility index (Phi) is 28.5. The van der Waals surface area contributed by atoms with E-state index in [-0.39, 0.29) is 68.2 Å². The van der Waals surface area contributed by atoms with E-state index in [2.05, 4.69) is 27.6 Å². The van der Waals surface area contributed by atoms with Gasteiger partial charge in [-0.15, -0.1) is 0 Å². The Morgan fingerprint density at radius 1 is 0.682 bits per heavy atom. The Bertz CT molecular complexity index is 1270. The average Bonchev–Trinajstić information content (AvgIpc) is 2.92. The summed E-state index contributed by atoms with van der Waals surface area (Å²) in [5.74, 6) is 0.157. The smallest absolute Gasteiger partial charge is 0.644 e. The van der Waals surface area contributed by atoms with Gasteiger partial charge in [0.1, 0.15) is 0 Å². The third-order valence-corrected chi connectivity index (χ3v) is 11.1. The van der Waals surface area contributed by atoms with Gasteiger partial charge in [-0.25, -0.2) is 16.8 Å². The number of alkyl halides is 1. The second kappa shape index (κ2) is 27.1. The molecule has 0 amide bonds. The molecule has 244 valence electrons. The van der Waals surface area contributed by atoms with Crippen LogP contribution >= 0.6 is 26.7 Å². The fourth-order valence-corrected chi connectivity index (χ4v) is 7.29. The molecule has 14 heteroatoms. The van der Waals surface area contributed by atoms with E-state index in [1.54, 1.807) is 24.3 Å². The number of hydrogen-bond acceptors (Lipinski definition) is 10. The molecule has 0 fully saturated rings. The molecule has 0 saturated carbocycles. The number of benzene rings is 2. The molecule has 0 radical (unpaired) electrons. The molecule has 0 unspecified atom stereocenters. The summed E-state index contributed by atoms with van der Waals surface area (Å²) in [5.41, 5.74) is 2.07. The summed E-state index contributed by atoms with van der Waals surface area (Å²) in [6, 6.07) is 13.4.